The molecule has 4 nitrogen and oxygen atoms in total. The number of amides is 1. The van der Waals surface area contributed by atoms with E-state index in [0.717, 1.165) is 0 Å². The number of rotatable bonds is 4. The maximum Gasteiger partial charge on any atom is 0.239 e. The van der Waals surface area contributed by atoms with Crippen LogP contribution in [0.25, 0.3) is 0 Å². The molecule has 0 aromatic heterocycles. The van der Waals surface area contributed by atoms with Crippen LogP contribution in [0.5, 0.6) is 5.75 Å². The number of hydrogen-bond donors (Lipinski definition) is 1. The van der Waals surface area contributed by atoms with Gasteiger partial charge in [-0.1, -0.05) is 25.4 Å². The van der Waals surface area contributed by atoms with Crippen molar-refractivity contribution in [2.45, 2.75) is 38.8 Å². The number of carbonyl (C=O) groups excluding carboxylic acids is 1. The molecule has 130 valence electrons. The van der Waals surface area contributed by atoms with Gasteiger partial charge < -0.3 is 15.4 Å². The SMILES string of the molecule is CC(C)[C@H](N)C(=O)N1CCC(Oc2ccc(F)cc2Cl)CC1.Cl. The number of carbonyl (C=O) groups is 1. The second-order valence-corrected chi connectivity index (χ2v) is 6.39. The van der Waals surface area contributed by atoms with Crippen LogP contribution >= 0.6 is 24.0 Å². The molecule has 2 N–H and O–H groups in total. The first-order valence-corrected chi connectivity index (χ1v) is 7.92. The molecular weight excluding hydrogens is 342 g/mol. The minimum atomic E-state index is -0.455. The van der Waals surface area contributed by atoms with Crippen LogP contribution in [0.2, 0.25) is 5.02 Å². The quantitative estimate of drug-likeness (QED) is 0.891. The van der Waals surface area contributed by atoms with Gasteiger partial charge in [0, 0.05) is 25.9 Å². The number of likely N-dealkylation sites (tertiary alicyclic amines) is 1. The second kappa shape index (κ2) is 8.71. The Hall–Kier alpha value is -1.04. The molecule has 1 aliphatic heterocycles. The van der Waals surface area contributed by atoms with Gasteiger partial charge in [-0.05, 0) is 24.1 Å². The Balaban J connectivity index is 0.00000264. The van der Waals surface area contributed by atoms with Crippen molar-refractivity contribution < 1.29 is 13.9 Å². The van der Waals surface area contributed by atoms with Crippen molar-refractivity contribution in [1.82, 2.24) is 4.90 Å². The first-order chi connectivity index (χ1) is 10.4. The molecule has 1 aliphatic rings. The normalized spacial score (nSPS) is 16.9. The summed E-state index contributed by atoms with van der Waals surface area (Å²) in [5, 5.41) is 0.264. The summed E-state index contributed by atoms with van der Waals surface area (Å²) >= 11 is 5.96. The Morgan fingerprint density at radius 1 is 1.39 bits per heavy atom. The highest BCUT2D eigenvalue weighted by Gasteiger charge is 2.28. The van der Waals surface area contributed by atoms with Crippen molar-refractivity contribution in [3.8, 4) is 5.75 Å². The summed E-state index contributed by atoms with van der Waals surface area (Å²) in [7, 11) is 0. The van der Waals surface area contributed by atoms with E-state index < -0.39 is 6.04 Å². The number of hydrogen-bond acceptors (Lipinski definition) is 3. The Morgan fingerprint density at radius 2 is 2.00 bits per heavy atom. The molecule has 1 atom stereocenters. The third-order valence-electron chi connectivity index (χ3n) is 3.94. The highest BCUT2D eigenvalue weighted by Crippen LogP contribution is 2.28. The topological polar surface area (TPSA) is 55.6 Å². The minimum absolute atomic E-state index is 0. The standard InChI is InChI=1S/C16H22ClFN2O2.ClH/c1-10(2)15(19)16(21)20-7-5-12(6-8-20)22-14-4-3-11(18)9-13(14)17;/h3-4,9-10,12,15H,5-8,19H2,1-2H3;1H/t15-;/m0./s1. The van der Waals surface area contributed by atoms with Crippen molar-refractivity contribution in [3.63, 3.8) is 0 Å². The van der Waals surface area contributed by atoms with Gasteiger partial charge in [0.05, 0.1) is 11.1 Å². The molecule has 0 radical (unpaired) electrons. The predicted octanol–water partition coefficient (Wildman–Crippen LogP) is 3.25. The first kappa shape index (κ1) is 20.0. The molecule has 0 bridgehead atoms. The molecule has 1 saturated heterocycles. The summed E-state index contributed by atoms with van der Waals surface area (Å²) in [4.78, 5) is 14.0. The van der Waals surface area contributed by atoms with Gasteiger partial charge in [-0.3, -0.25) is 4.79 Å². The lowest BCUT2D eigenvalue weighted by Gasteiger charge is -2.34. The number of halogens is 3. The van der Waals surface area contributed by atoms with Crippen LogP contribution in [0.1, 0.15) is 26.7 Å². The summed E-state index contributed by atoms with van der Waals surface area (Å²) in [6.45, 7) is 5.11. The summed E-state index contributed by atoms with van der Waals surface area (Å²) in [6.07, 6.45) is 1.40. The van der Waals surface area contributed by atoms with E-state index in [0.29, 0.717) is 31.7 Å². The maximum absolute atomic E-state index is 13.0. The summed E-state index contributed by atoms with van der Waals surface area (Å²) in [6, 6.07) is 3.63. The molecule has 0 unspecified atom stereocenters. The number of ether oxygens (including phenoxy) is 1. The predicted molar refractivity (Wildman–Crippen MR) is 91.7 cm³/mol. The molecule has 0 spiro atoms. The van der Waals surface area contributed by atoms with Crippen LogP contribution in [0, 0.1) is 11.7 Å². The molecular formula is C16H23Cl2FN2O2. The molecule has 1 aromatic rings. The molecule has 1 fully saturated rings. The van der Waals surface area contributed by atoms with Gasteiger partial charge in [-0.15, -0.1) is 12.4 Å². The van der Waals surface area contributed by atoms with Crippen LogP contribution in [-0.2, 0) is 4.79 Å². The van der Waals surface area contributed by atoms with E-state index in [9.17, 15) is 9.18 Å². The monoisotopic (exact) mass is 364 g/mol. The number of nitrogens with zero attached hydrogens (tertiary/aromatic N) is 1. The maximum atomic E-state index is 13.0. The summed E-state index contributed by atoms with van der Waals surface area (Å²) < 4.78 is 18.8. The third-order valence-corrected chi connectivity index (χ3v) is 4.24. The fourth-order valence-corrected chi connectivity index (χ4v) is 2.65. The zero-order chi connectivity index (χ0) is 16.3. The summed E-state index contributed by atoms with van der Waals surface area (Å²) in [5.41, 5.74) is 5.91. The van der Waals surface area contributed by atoms with Gasteiger partial charge in [0.2, 0.25) is 5.91 Å². The van der Waals surface area contributed by atoms with E-state index in [4.69, 9.17) is 22.1 Å². The van der Waals surface area contributed by atoms with E-state index in [1.165, 1.54) is 18.2 Å². The van der Waals surface area contributed by atoms with Gasteiger partial charge in [-0.25, -0.2) is 4.39 Å². The fraction of sp³-hybridized carbons (Fsp3) is 0.562. The highest BCUT2D eigenvalue weighted by molar-refractivity contribution is 6.32. The van der Waals surface area contributed by atoms with E-state index in [1.54, 1.807) is 4.90 Å². The van der Waals surface area contributed by atoms with Gasteiger partial charge in [0.15, 0.2) is 0 Å². The number of nitrogens with two attached hydrogens (primary N) is 1. The van der Waals surface area contributed by atoms with Crippen molar-refractivity contribution in [2.75, 3.05) is 13.1 Å². The molecule has 0 saturated carbocycles. The van der Waals surface area contributed by atoms with Crippen molar-refractivity contribution in [3.05, 3.63) is 29.0 Å². The average molecular weight is 365 g/mol. The van der Waals surface area contributed by atoms with Crippen LogP contribution in [0.3, 0.4) is 0 Å². The second-order valence-electron chi connectivity index (χ2n) is 5.99. The number of piperidine rings is 1. The molecule has 23 heavy (non-hydrogen) atoms. The summed E-state index contributed by atoms with van der Waals surface area (Å²) in [5.74, 6) is 0.208. The number of benzene rings is 1. The third kappa shape index (κ3) is 5.23. The van der Waals surface area contributed by atoms with Gasteiger partial charge in [-0.2, -0.15) is 0 Å². The van der Waals surface area contributed by atoms with Crippen molar-refractivity contribution in [1.29, 1.82) is 0 Å². The van der Waals surface area contributed by atoms with E-state index >= 15 is 0 Å². The smallest absolute Gasteiger partial charge is 0.239 e. The van der Waals surface area contributed by atoms with E-state index in [2.05, 4.69) is 0 Å². The lowest BCUT2D eigenvalue weighted by molar-refractivity contribution is -0.135. The first-order valence-electron chi connectivity index (χ1n) is 7.54. The molecule has 7 heteroatoms. The van der Waals surface area contributed by atoms with Crippen LogP contribution in [0.15, 0.2) is 18.2 Å². The lowest BCUT2D eigenvalue weighted by atomic mass is 10.0. The Morgan fingerprint density at radius 3 is 2.52 bits per heavy atom. The Labute approximate surface area is 147 Å². The molecule has 1 heterocycles. The van der Waals surface area contributed by atoms with Crippen LogP contribution in [-0.4, -0.2) is 36.0 Å². The Kier molecular flexibility index (Phi) is 7.58. The minimum Gasteiger partial charge on any atom is -0.489 e. The fourth-order valence-electron chi connectivity index (χ4n) is 2.44. The van der Waals surface area contributed by atoms with Crippen molar-refractivity contribution >= 4 is 29.9 Å². The largest absolute Gasteiger partial charge is 0.489 e. The molecule has 1 amide bonds. The molecule has 0 aliphatic carbocycles. The Bertz CT molecular complexity index is 535. The highest BCUT2D eigenvalue weighted by atomic mass is 35.5. The van der Waals surface area contributed by atoms with Crippen molar-refractivity contribution in [2.24, 2.45) is 11.7 Å². The van der Waals surface area contributed by atoms with E-state index in [-0.39, 0.29) is 41.2 Å². The average Bonchev–Trinajstić information content (AvgIpc) is 2.49. The van der Waals surface area contributed by atoms with Gasteiger partial charge in [0.1, 0.15) is 17.7 Å². The van der Waals surface area contributed by atoms with Gasteiger partial charge >= 0.3 is 0 Å². The zero-order valence-electron chi connectivity index (χ0n) is 13.3. The molecule has 2 rings (SSSR count). The van der Waals surface area contributed by atoms with Crippen LogP contribution < -0.4 is 10.5 Å². The van der Waals surface area contributed by atoms with E-state index in [1.807, 2.05) is 13.8 Å². The lowest BCUT2D eigenvalue weighted by Crippen LogP contribution is -2.50. The zero-order valence-corrected chi connectivity index (χ0v) is 14.9. The van der Waals surface area contributed by atoms with Crippen LogP contribution in [0.4, 0.5) is 4.39 Å². The molecule has 1 aromatic carbocycles. The van der Waals surface area contributed by atoms with Gasteiger partial charge in [0.25, 0.3) is 0 Å².